The first kappa shape index (κ1) is 17.8. The number of benzene rings is 2. The summed E-state index contributed by atoms with van der Waals surface area (Å²) in [6.07, 6.45) is 0.347. The zero-order chi connectivity index (χ0) is 17.9. The Morgan fingerprint density at radius 3 is 2.60 bits per heavy atom. The van der Waals surface area contributed by atoms with E-state index >= 15 is 0 Å². The third kappa shape index (κ3) is 3.98. The van der Waals surface area contributed by atoms with Gasteiger partial charge in [0, 0.05) is 37.0 Å². The van der Waals surface area contributed by atoms with E-state index in [1.54, 1.807) is 19.1 Å². The second-order valence-corrected chi connectivity index (χ2v) is 7.92. The molecule has 2 aromatic carbocycles. The van der Waals surface area contributed by atoms with Crippen LogP contribution in [0.25, 0.3) is 0 Å². The smallest absolute Gasteiger partial charge is 0.240 e. The molecule has 132 valence electrons. The zero-order valence-electron chi connectivity index (χ0n) is 14.1. The molecule has 1 aliphatic heterocycles. The van der Waals surface area contributed by atoms with Gasteiger partial charge in [0.15, 0.2) is 5.78 Å². The van der Waals surface area contributed by atoms with E-state index in [1.807, 2.05) is 30.3 Å². The van der Waals surface area contributed by atoms with Crippen molar-refractivity contribution >= 4 is 15.8 Å². The molecule has 0 saturated carbocycles. The van der Waals surface area contributed by atoms with Crippen LogP contribution in [0.4, 0.5) is 0 Å². The lowest BCUT2D eigenvalue weighted by Crippen LogP contribution is -2.39. The molecule has 0 unspecified atom stereocenters. The van der Waals surface area contributed by atoms with Crippen molar-refractivity contribution in [3.05, 3.63) is 65.7 Å². The van der Waals surface area contributed by atoms with Gasteiger partial charge in [-0.25, -0.2) is 13.1 Å². The highest BCUT2D eigenvalue weighted by molar-refractivity contribution is 7.89. The molecule has 1 aliphatic rings. The molecule has 2 atom stereocenters. The molecule has 0 aliphatic carbocycles. The number of rotatable bonds is 6. The first-order valence-electron chi connectivity index (χ1n) is 8.42. The van der Waals surface area contributed by atoms with Crippen molar-refractivity contribution in [1.82, 2.24) is 10.0 Å². The van der Waals surface area contributed by atoms with Crippen molar-refractivity contribution < 1.29 is 13.2 Å². The second-order valence-electron chi connectivity index (χ2n) is 6.21. The van der Waals surface area contributed by atoms with Crippen LogP contribution in [0.3, 0.4) is 0 Å². The van der Waals surface area contributed by atoms with Crippen molar-refractivity contribution in [2.75, 3.05) is 13.1 Å². The van der Waals surface area contributed by atoms with Crippen LogP contribution in [0.5, 0.6) is 0 Å². The summed E-state index contributed by atoms with van der Waals surface area (Å²) in [5.74, 6) is 0.0122. The molecule has 0 radical (unpaired) electrons. The fourth-order valence-corrected chi connectivity index (χ4v) is 4.48. The van der Waals surface area contributed by atoms with Gasteiger partial charge in [0.2, 0.25) is 10.0 Å². The highest BCUT2D eigenvalue weighted by Gasteiger charge is 2.32. The molecular weight excluding hydrogens is 336 g/mol. The van der Waals surface area contributed by atoms with E-state index in [9.17, 15) is 13.2 Å². The Labute approximate surface area is 148 Å². The fraction of sp³-hybridized carbons (Fsp3) is 0.316. The Morgan fingerprint density at radius 1 is 1.12 bits per heavy atom. The summed E-state index contributed by atoms with van der Waals surface area (Å²) in [5.41, 5.74) is 1.53. The molecule has 1 saturated heterocycles. The number of ketones is 1. The van der Waals surface area contributed by atoms with Gasteiger partial charge in [-0.2, -0.15) is 0 Å². The lowest BCUT2D eigenvalue weighted by atomic mass is 9.95. The molecule has 6 heteroatoms. The third-order valence-corrected chi connectivity index (χ3v) is 6.02. The van der Waals surface area contributed by atoms with Crippen molar-refractivity contribution in [2.45, 2.75) is 30.2 Å². The van der Waals surface area contributed by atoms with Gasteiger partial charge < -0.3 is 5.32 Å². The molecule has 0 aromatic heterocycles. The maximum absolute atomic E-state index is 12.8. The molecule has 2 aromatic rings. The molecule has 0 spiro atoms. The maximum atomic E-state index is 12.8. The topological polar surface area (TPSA) is 75.3 Å². The second kappa shape index (κ2) is 7.47. The lowest BCUT2D eigenvalue weighted by molar-refractivity contribution is 0.0988. The van der Waals surface area contributed by atoms with Crippen molar-refractivity contribution in [3.8, 4) is 0 Å². The predicted octanol–water partition coefficient (Wildman–Crippen LogP) is 2.31. The summed E-state index contributed by atoms with van der Waals surface area (Å²) in [6.45, 7) is 3.06. The Balaban J connectivity index is 1.83. The molecule has 3 rings (SSSR count). The van der Waals surface area contributed by atoms with E-state index < -0.39 is 10.0 Å². The maximum Gasteiger partial charge on any atom is 0.240 e. The van der Waals surface area contributed by atoms with E-state index in [0.717, 1.165) is 12.1 Å². The van der Waals surface area contributed by atoms with Crippen molar-refractivity contribution in [2.24, 2.45) is 0 Å². The first-order valence-corrected chi connectivity index (χ1v) is 9.91. The summed E-state index contributed by atoms with van der Waals surface area (Å²) in [7, 11) is -3.69. The SMILES string of the molecule is CCC(=O)c1cccc(S(=O)(=O)N[C@@H]2CNC[C@H]2c2ccccc2)c1. The molecule has 1 fully saturated rings. The monoisotopic (exact) mass is 358 g/mol. The van der Waals surface area contributed by atoms with Crippen LogP contribution in [0, 0.1) is 0 Å². The summed E-state index contributed by atoms with van der Waals surface area (Å²) >= 11 is 0. The van der Waals surface area contributed by atoms with Crippen LogP contribution in [-0.4, -0.2) is 33.3 Å². The first-order chi connectivity index (χ1) is 12.0. The van der Waals surface area contributed by atoms with E-state index in [0.29, 0.717) is 18.5 Å². The molecule has 1 heterocycles. The zero-order valence-corrected chi connectivity index (χ0v) is 14.9. The van der Waals surface area contributed by atoms with Gasteiger partial charge in [0.05, 0.1) is 4.90 Å². The van der Waals surface area contributed by atoms with Crippen LogP contribution in [-0.2, 0) is 10.0 Å². The number of nitrogens with one attached hydrogen (secondary N) is 2. The van der Waals surface area contributed by atoms with Gasteiger partial charge in [-0.15, -0.1) is 0 Å². The molecule has 5 nitrogen and oxygen atoms in total. The van der Waals surface area contributed by atoms with Crippen LogP contribution in [0.15, 0.2) is 59.5 Å². The van der Waals surface area contributed by atoms with Crippen LogP contribution in [0.1, 0.15) is 35.2 Å². The minimum Gasteiger partial charge on any atom is -0.314 e. The summed E-state index contributed by atoms with van der Waals surface area (Å²) < 4.78 is 28.4. The Morgan fingerprint density at radius 2 is 1.88 bits per heavy atom. The standard InChI is InChI=1S/C19H22N2O3S/c1-2-19(22)15-9-6-10-16(11-15)25(23,24)21-18-13-20-12-17(18)14-7-4-3-5-8-14/h3-11,17-18,20-21H,2,12-13H2,1H3/t17-,18+/m0/s1. The lowest BCUT2D eigenvalue weighted by Gasteiger charge is -2.20. The van der Waals surface area contributed by atoms with Gasteiger partial charge in [0.1, 0.15) is 0 Å². The van der Waals surface area contributed by atoms with Crippen molar-refractivity contribution in [1.29, 1.82) is 0 Å². The van der Waals surface area contributed by atoms with Gasteiger partial charge in [-0.3, -0.25) is 4.79 Å². The van der Waals surface area contributed by atoms with E-state index in [-0.39, 0.29) is 22.6 Å². The average Bonchev–Trinajstić information content (AvgIpc) is 3.09. The van der Waals surface area contributed by atoms with Crippen LogP contribution < -0.4 is 10.0 Å². The Kier molecular flexibility index (Phi) is 5.32. The quantitative estimate of drug-likeness (QED) is 0.777. The molecule has 25 heavy (non-hydrogen) atoms. The van der Waals surface area contributed by atoms with Crippen molar-refractivity contribution in [3.63, 3.8) is 0 Å². The number of carbonyl (C=O) groups is 1. The fourth-order valence-electron chi connectivity index (χ4n) is 3.16. The van der Waals surface area contributed by atoms with Gasteiger partial charge in [-0.05, 0) is 17.7 Å². The van der Waals surface area contributed by atoms with E-state index in [2.05, 4.69) is 10.0 Å². The number of sulfonamides is 1. The Bertz CT molecular complexity index is 850. The third-order valence-electron chi connectivity index (χ3n) is 4.54. The van der Waals surface area contributed by atoms with Gasteiger partial charge in [0.25, 0.3) is 0 Å². The highest BCUT2D eigenvalue weighted by atomic mass is 32.2. The number of hydrogen-bond donors (Lipinski definition) is 2. The Hall–Kier alpha value is -2.02. The molecule has 2 N–H and O–H groups in total. The van der Waals surface area contributed by atoms with Gasteiger partial charge in [-0.1, -0.05) is 49.4 Å². The van der Waals surface area contributed by atoms with Crippen LogP contribution >= 0.6 is 0 Å². The summed E-state index contributed by atoms with van der Waals surface area (Å²) in [5, 5.41) is 3.25. The molecular formula is C19H22N2O3S. The van der Waals surface area contributed by atoms with E-state index in [1.165, 1.54) is 12.1 Å². The highest BCUT2D eigenvalue weighted by Crippen LogP contribution is 2.24. The minimum atomic E-state index is -3.69. The summed E-state index contributed by atoms with van der Waals surface area (Å²) in [6, 6.07) is 15.9. The van der Waals surface area contributed by atoms with Gasteiger partial charge >= 0.3 is 0 Å². The number of hydrogen-bond acceptors (Lipinski definition) is 4. The normalized spacial score (nSPS) is 20.5. The number of carbonyl (C=O) groups excluding carboxylic acids is 1. The summed E-state index contributed by atoms with van der Waals surface area (Å²) in [4.78, 5) is 12.0. The largest absolute Gasteiger partial charge is 0.314 e. The van der Waals surface area contributed by atoms with Crippen LogP contribution in [0.2, 0.25) is 0 Å². The number of Topliss-reactive ketones (excluding diaryl/α,β-unsaturated/α-hetero) is 1. The average molecular weight is 358 g/mol. The minimum absolute atomic E-state index is 0.0678. The molecule has 0 bridgehead atoms. The predicted molar refractivity (Wildman–Crippen MR) is 97.2 cm³/mol. The molecule has 0 amide bonds. The van der Waals surface area contributed by atoms with E-state index in [4.69, 9.17) is 0 Å².